The van der Waals surface area contributed by atoms with E-state index in [-0.39, 0.29) is 48.8 Å². The summed E-state index contributed by atoms with van der Waals surface area (Å²) in [4.78, 5) is 4.12. The van der Waals surface area contributed by atoms with Gasteiger partial charge in [0.15, 0.2) is 5.96 Å². The maximum atomic E-state index is 12.2. The lowest BCUT2D eigenvalue weighted by Gasteiger charge is -2.10. The Bertz CT molecular complexity index is 786. The van der Waals surface area contributed by atoms with Crippen LogP contribution in [0.1, 0.15) is 11.1 Å². The Labute approximate surface area is 181 Å². The Morgan fingerprint density at radius 1 is 1.03 bits per heavy atom. The molecule has 2 rings (SSSR count). The first-order chi connectivity index (χ1) is 13.2. The number of nitrogens with one attached hydrogen (secondary N) is 1. The summed E-state index contributed by atoms with van der Waals surface area (Å²) in [7, 11) is 0. The van der Waals surface area contributed by atoms with Crippen molar-refractivity contribution in [2.45, 2.75) is 25.9 Å². The highest BCUT2D eigenvalue weighted by Gasteiger charge is 2.30. The lowest BCUT2D eigenvalue weighted by atomic mass is 10.2. The summed E-state index contributed by atoms with van der Waals surface area (Å²) in [5.41, 5.74) is 7.14. The summed E-state index contributed by atoms with van der Waals surface area (Å²) in [6.07, 6.45) is -7.30. The Hall–Kier alpha value is -2.31. The van der Waals surface area contributed by atoms with Crippen molar-refractivity contribution < 1.29 is 31.4 Å². The standard InChI is InChI=1S/C18H18F5N3O2.HI/c19-16(20)11-27-15-3-1-2-13(8-15)10-26-17(24)25-9-12-4-6-14(7-5-12)28-18(21,22)23;/h1-8,16H,9-11H2,(H3,24,25,26);1H. The molecule has 0 saturated heterocycles. The number of ether oxygens (including phenoxy) is 2. The van der Waals surface area contributed by atoms with Crippen molar-refractivity contribution in [3.05, 3.63) is 59.7 Å². The van der Waals surface area contributed by atoms with E-state index < -0.39 is 19.4 Å². The third-order valence-electron chi connectivity index (χ3n) is 3.34. The first-order valence-corrected chi connectivity index (χ1v) is 8.09. The lowest BCUT2D eigenvalue weighted by Crippen LogP contribution is -2.31. The highest BCUT2D eigenvalue weighted by Crippen LogP contribution is 2.22. The smallest absolute Gasteiger partial charge is 0.488 e. The molecule has 0 aliphatic carbocycles. The molecule has 0 fully saturated rings. The minimum atomic E-state index is -4.74. The zero-order valence-corrected chi connectivity index (χ0v) is 17.3. The van der Waals surface area contributed by atoms with Crippen molar-refractivity contribution >= 4 is 29.9 Å². The van der Waals surface area contributed by atoms with Gasteiger partial charge in [0.1, 0.15) is 18.1 Å². The predicted octanol–water partition coefficient (Wildman–Crippen LogP) is 4.45. The van der Waals surface area contributed by atoms with Gasteiger partial charge in [-0.25, -0.2) is 13.8 Å². The molecule has 0 amide bonds. The summed E-state index contributed by atoms with van der Waals surface area (Å²) in [6, 6.07) is 11.9. The van der Waals surface area contributed by atoms with Crippen molar-refractivity contribution in [3.63, 3.8) is 0 Å². The third-order valence-corrected chi connectivity index (χ3v) is 3.34. The van der Waals surface area contributed by atoms with E-state index in [0.717, 1.165) is 0 Å². The molecule has 0 bridgehead atoms. The average molecular weight is 531 g/mol. The van der Waals surface area contributed by atoms with Crippen LogP contribution in [0.5, 0.6) is 11.5 Å². The topological polar surface area (TPSA) is 68.9 Å². The number of guanidine groups is 1. The molecule has 0 saturated carbocycles. The molecular weight excluding hydrogens is 512 g/mol. The highest BCUT2D eigenvalue weighted by molar-refractivity contribution is 14.0. The number of nitrogens with two attached hydrogens (primary N) is 1. The second kappa shape index (κ2) is 11.6. The van der Waals surface area contributed by atoms with E-state index in [9.17, 15) is 22.0 Å². The van der Waals surface area contributed by atoms with E-state index in [0.29, 0.717) is 16.9 Å². The molecule has 0 heterocycles. The number of nitrogens with zero attached hydrogens (tertiary/aromatic N) is 1. The fourth-order valence-electron chi connectivity index (χ4n) is 2.13. The number of hydrogen-bond donors (Lipinski definition) is 2. The van der Waals surface area contributed by atoms with Crippen molar-refractivity contribution in [1.29, 1.82) is 0 Å². The van der Waals surface area contributed by atoms with Gasteiger partial charge in [-0.05, 0) is 35.4 Å². The van der Waals surface area contributed by atoms with E-state index >= 15 is 0 Å². The average Bonchev–Trinajstić information content (AvgIpc) is 2.63. The maximum Gasteiger partial charge on any atom is 0.573 e. The van der Waals surface area contributed by atoms with E-state index in [1.807, 2.05) is 0 Å². The van der Waals surface area contributed by atoms with Crippen LogP contribution < -0.4 is 20.5 Å². The van der Waals surface area contributed by atoms with Crippen molar-refractivity contribution in [3.8, 4) is 11.5 Å². The molecule has 0 radical (unpaired) electrons. The quantitative estimate of drug-likeness (QED) is 0.229. The molecule has 2 aromatic carbocycles. The summed E-state index contributed by atoms with van der Waals surface area (Å²) in [5, 5.41) is 2.83. The van der Waals surface area contributed by atoms with Crippen LogP contribution in [0.4, 0.5) is 22.0 Å². The van der Waals surface area contributed by atoms with Gasteiger partial charge < -0.3 is 20.5 Å². The van der Waals surface area contributed by atoms with Gasteiger partial charge in [-0.1, -0.05) is 24.3 Å². The minimum Gasteiger partial charge on any atom is -0.488 e. The monoisotopic (exact) mass is 531 g/mol. The first kappa shape index (κ1) is 24.7. The lowest BCUT2D eigenvalue weighted by molar-refractivity contribution is -0.274. The molecule has 0 atom stereocenters. The van der Waals surface area contributed by atoms with Crippen molar-refractivity contribution in [2.24, 2.45) is 10.7 Å². The number of benzene rings is 2. The molecule has 0 aromatic heterocycles. The second-order valence-corrected chi connectivity index (χ2v) is 5.60. The number of aliphatic imine (C=N–C) groups is 1. The Kier molecular flexibility index (Phi) is 9.92. The van der Waals surface area contributed by atoms with E-state index in [1.165, 1.54) is 24.3 Å². The fourth-order valence-corrected chi connectivity index (χ4v) is 2.13. The van der Waals surface area contributed by atoms with Gasteiger partial charge in [0.2, 0.25) is 0 Å². The molecular formula is C18H19F5IN3O2. The van der Waals surface area contributed by atoms with Gasteiger partial charge in [0.05, 0.1) is 6.54 Å². The number of alkyl halides is 5. The fraction of sp³-hybridized carbons (Fsp3) is 0.278. The van der Waals surface area contributed by atoms with Crippen LogP contribution in [0.25, 0.3) is 0 Å². The molecule has 0 aliphatic heterocycles. The Morgan fingerprint density at radius 2 is 1.72 bits per heavy atom. The molecule has 29 heavy (non-hydrogen) atoms. The molecule has 5 nitrogen and oxygen atoms in total. The summed E-state index contributed by atoms with van der Waals surface area (Å²) >= 11 is 0. The predicted molar refractivity (Wildman–Crippen MR) is 109 cm³/mol. The molecule has 0 spiro atoms. The molecule has 160 valence electrons. The zero-order chi connectivity index (χ0) is 20.6. The van der Waals surface area contributed by atoms with E-state index in [2.05, 4.69) is 15.0 Å². The summed E-state index contributed by atoms with van der Waals surface area (Å²) in [6.45, 7) is -0.245. The van der Waals surface area contributed by atoms with Gasteiger partial charge in [0, 0.05) is 6.54 Å². The van der Waals surface area contributed by atoms with Crippen LogP contribution in [0.2, 0.25) is 0 Å². The second-order valence-electron chi connectivity index (χ2n) is 5.60. The molecule has 11 heteroatoms. The summed E-state index contributed by atoms with van der Waals surface area (Å²) < 4.78 is 69.4. The largest absolute Gasteiger partial charge is 0.573 e. The summed E-state index contributed by atoms with van der Waals surface area (Å²) in [5.74, 6) is 0.113. The van der Waals surface area contributed by atoms with Crippen LogP contribution in [0.15, 0.2) is 53.5 Å². The van der Waals surface area contributed by atoms with E-state index in [1.54, 1.807) is 24.3 Å². The number of hydrogen-bond acceptors (Lipinski definition) is 3. The maximum absolute atomic E-state index is 12.2. The van der Waals surface area contributed by atoms with Crippen molar-refractivity contribution in [2.75, 3.05) is 6.61 Å². The molecule has 3 N–H and O–H groups in total. The molecule has 0 aliphatic rings. The van der Waals surface area contributed by atoms with Gasteiger partial charge in [0.25, 0.3) is 6.43 Å². The van der Waals surface area contributed by atoms with Gasteiger partial charge in [-0.2, -0.15) is 0 Å². The molecule has 2 aromatic rings. The van der Waals surface area contributed by atoms with Gasteiger partial charge in [-0.15, -0.1) is 37.1 Å². The Morgan fingerprint density at radius 3 is 2.34 bits per heavy atom. The van der Waals surface area contributed by atoms with Crippen LogP contribution in [0.3, 0.4) is 0 Å². The third kappa shape index (κ3) is 10.1. The van der Waals surface area contributed by atoms with Crippen LogP contribution in [-0.4, -0.2) is 25.4 Å². The number of rotatable bonds is 8. The van der Waals surface area contributed by atoms with Gasteiger partial charge >= 0.3 is 6.36 Å². The normalized spacial score (nSPS) is 11.7. The molecule has 0 unspecified atom stereocenters. The van der Waals surface area contributed by atoms with Gasteiger partial charge in [-0.3, -0.25) is 0 Å². The zero-order valence-electron chi connectivity index (χ0n) is 15.0. The van der Waals surface area contributed by atoms with Crippen molar-refractivity contribution in [1.82, 2.24) is 5.32 Å². The van der Waals surface area contributed by atoms with E-state index in [4.69, 9.17) is 10.5 Å². The highest BCUT2D eigenvalue weighted by atomic mass is 127. The van der Waals surface area contributed by atoms with Crippen LogP contribution in [0, 0.1) is 0 Å². The minimum absolute atomic E-state index is 0. The first-order valence-electron chi connectivity index (χ1n) is 8.09. The van der Waals surface area contributed by atoms with Crippen LogP contribution >= 0.6 is 24.0 Å². The SMILES string of the molecule is I.NC(=NCc1cccc(OCC(F)F)c1)NCc1ccc(OC(F)(F)F)cc1. The Balaban J connectivity index is 0.00000420. The van der Waals surface area contributed by atoms with Crippen LogP contribution in [-0.2, 0) is 13.1 Å². The number of halogens is 6.